The van der Waals surface area contributed by atoms with Gasteiger partial charge in [0.05, 0.1) is 0 Å². The Bertz CT molecular complexity index is 889. The molecule has 7 nitrogen and oxygen atoms in total. The lowest BCUT2D eigenvalue weighted by atomic mass is 10.0. The Kier molecular flexibility index (Phi) is 5.41. The number of benzene rings is 1. The normalized spacial score (nSPS) is 22.6. The smallest absolute Gasteiger partial charge is 0.239 e. The number of anilines is 1. The van der Waals surface area contributed by atoms with Crippen LogP contribution >= 0.6 is 0 Å². The van der Waals surface area contributed by atoms with Gasteiger partial charge >= 0.3 is 0 Å². The number of nitrogens with one attached hydrogen (secondary N) is 1. The molecule has 1 aromatic carbocycles. The van der Waals surface area contributed by atoms with Crippen LogP contribution in [-0.4, -0.2) is 52.4 Å². The summed E-state index contributed by atoms with van der Waals surface area (Å²) >= 11 is 0. The van der Waals surface area contributed by atoms with Crippen molar-refractivity contribution in [2.75, 3.05) is 31.1 Å². The van der Waals surface area contributed by atoms with Crippen LogP contribution in [0.2, 0.25) is 0 Å². The van der Waals surface area contributed by atoms with Crippen molar-refractivity contribution in [1.29, 1.82) is 0 Å². The van der Waals surface area contributed by atoms with Crippen LogP contribution in [0.5, 0.6) is 0 Å². The zero-order chi connectivity index (χ0) is 20.5. The zero-order valence-electron chi connectivity index (χ0n) is 17.3. The van der Waals surface area contributed by atoms with E-state index in [2.05, 4.69) is 36.3 Å². The summed E-state index contributed by atoms with van der Waals surface area (Å²) in [6, 6.07) is 7.96. The molecule has 0 saturated carbocycles. The molecular formula is C22H29N5O2. The molecule has 154 valence electrons. The van der Waals surface area contributed by atoms with E-state index in [1.54, 1.807) is 11.1 Å². The lowest BCUT2D eigenvalue weighted by Gasteiger charge is -2.37. The van der Waals surface area contributed by atoms with Crippen LogP contribution in [0.15, 0.2) is 36.7 Å². The molecule has 0 spiro atoms. The molecule has 2 aromatic rings. The van der Waals surface area contributed by atoms with Crippen molar-refractivity contribution in [3.63, 3.8) is 0 Å². The van der Waals surface area contributed by atoms with Gasteiger partial charge in [0.15, 0.2) is 0 Å². The van der Waals surface area contributed by atoms with E-state index in [9.17, 15) is 9.59 Å². The minimum absolute atomic E-state index is 0.0780. The molecule has 7 heteroatoms. The van der Waals surface area contributed by atoms with Crippen molar-refractivity contribution in [2.24, 2.45) is 13.0 Å². The van der Waals surface area contributed by atoms with E-state index in [4.69, 9.17) is 0 Å². The Morgan fingerprint density at radius 2 is 1.97 bits per heavy atom. The van der Waals surface area contributed by atoms with Crippen molar-refractivity contribution in [1.82, 2.24) is 19.8 Å². The first-order valence-electron chi connectivity index (χ1n) is 10.4. The SMILES string of the molecule is CC(C)c1ccc(N2CCC(C(=O)N3CCNCC3c3nccn3C)C2=O)cc1. The van der Waals surface area contributed by atoms with E-state index in [1.807, 2.05) is 34.8 Å². The minimum Gasteiger partial charge on any atom is -0.336 e. The molecule has 2 saturated heterocycles. The molecular weight excluding hydrogens is 366 g/mol. The number of amides is 2. The number of hydrogen-bond acceptors (Lipinski definition) is 4. The molecule has 3 heterocycles. The number of aryl methyl sites for hydroxylation is 1. The van der Waals surface area contributed by atoms with Crippen LogP contribution < -0.4 is 10.2 Å². The van der Waals surface area contributed by atoms with Crippen LogP contribution in [0.25, 0.3) is 0 Å². The van der Waals surface area contributed by atoms with Crippen LogP contribution in [0.1, 0.15) is 43.6 Å². The minimum atomic E-state index is -0.611. The van der Waals surface area contributed by atoms with Crippen LogP contribution in [0, 0.1) is 5.92 Å². The van der Waals surface area contributed by atoms with Crippen LogP contribution in [0.3, 0.4) is 0 Å². The summed E-state index contributed by atoms with van der Waals surface area (Å²) in [5, 5.41) is 3.34. The van der Waals surface area contributed by atoms with Crippen LogP contribution in [-0.2, 0) is 16.6 Å². The third-order valence-corrected chi connectivity index (χ3v) is 6.06. The lowest BCUT2D eigenvalue weighted by molar-refractivity contribution is -0.142. The Morgan fingerprint density at radius 1 is 1.21 bits per heavy atom. The molecule has 0 radical (unpaired) electrons. The number of carbonyl (C=O) groups excluding carboxylic acids is 2. The highest BCUT2D eigenvalue weighted by Gasteiger charge is 2.42. The Labute approximate surface area is 171 Å². The standard InChI is InChI=1S/C22H29N5O2/c1-15(2)16-4-6-17(7-5-16)26-11-8-18(21(26)28)22(29)27-13-9-23-14-19(27)20-24-10-12-25(20)3/h4-7,10,12,15,18-19,23H,8-9,11,13-14H2,1-3H3. The third kappa shape index (κ3) is 3.67. The summed E-state index contributed by atoms with van der Waals surface area (Å²) < 4.78 is 1.94. The van der Waals surface area contributed by atoms with Gasteiger partial charge in [0.25, 0.3) is 0 Å². The molecule has 1 aromatic heterocycles. The predicted octanol–water partition coefficient (Wildman–Crippen LogP) is 2.07. The number of piperazine rings is 1. The Balaban J connectivity index is 1.51. The topological polar surface area (TPSA) is 70.5 Å². The molecule has 29 heavy (non-hydrogen) atoms. The average Bonchev–Trinajstić information content (AvgIpc) is 3.33. The van der Waals surface area contributed by atoms with E-state index in [0.29, 0.717) is 32.0 Å². The second-order valence-corrected chi connectivity index (χ2v) is 8.23. The highest BCUT2D eigenvalue weighted by atomic mass is 16.2. The maximum absolute atomic E-state index is 13.4. The highest BCUT2D eigenvalue weighted by molar-refractivity contribution is 6.09. The summed E-state index contributed by atoms with van der Waals surface area (Å²) in [5.74, 6) is 0.511. The zero-order valence-corrected chi connectivity index (χ0v) is 17.3. The first-order chi connectivity index (χ1) is 14.0. The lowest BCUT2D eigenvalue weighted by Crippen LogP contribution is -2.52. The second kappa shape index (κ2) is 7.99. The number of imidazole rings is 1. The van der Waals surface area contributed by atoms with Gasteiger partial charge in [-0.25, -0.2) is 4.98 Å². The fourth-order valence-corrected chi connectivity index (χ4v) is 4.30. The van der Waals surface area contributed by atoms with Crippen molar-refractivity contribution >= 4 is 17.5 Å². The molecule has 2 amide bonds. The van der Waals surface area contributed by atoms with E-state index < -0.39 is 5.92 Å². The predicted molar refractivity (Wildman–Crippen MR) is 112 cm³/mol. The Hall–Kier alpha value is -2.67. The largest absolute Gasteiger partial charge is 0.336 e. The fraction of sp³-hybridized carbons (Fsp3) is 0.500. The van der Waals surface area contributed by atoms with Gasteiger partial charge in [0, 0.05) is 51.3 Å². The quantitative estimate of drug-likeness (QED) is 0.805. The summed E-state index contributed by atoms with van der Waals surface area (Å²) in [7, 11) is 1.93. The van der Waals surface area contributed by atoms with Gasteiger partial charge in [-0.15, -0.1) is 0 Å². The third-order valence-electron chi connectivity index (χ3n) is 6.06. The first kappa shape index (κ1) is 19.6. The number of aromatic nitrogens is 2. The molecule has 2 atom stereocenters. The highest BCUT2D eigenvalue weighted by Crippen LogP contribution is 2.30. The number of hydrogen-bond donors (Lipinski definition) is 1. The van der Waals surface area contributed by atoms with Gasteiger partial charge in [0.2, 0.25) is 11.8 Å². The van der Waals surface area contributed by atoms with E-state index in [-0.39, 0.29) is 17.9 Å². The van der Waals surface area contributed by atoms with Gasteiger partial charge in [0.1, 0.15) is 17.8 Å². The molecule has 0 bridgehead atoms. The summed E-state index contributed by atoms with van der Waals surface area (Å²) in [6.45, 7) is 6.84. The van der Waals surface area contributed by atoms with Gasteiger partial charge in [-0.2, -0.15) is 0 Å². The van der Waals surface area contributed by atoms with Gasteiger partial charge < -0.3 is 19.7 Å². The molecule has 1 N–H and O–H groups in total. The monoisotopic (exact) mass is 395 g/mol. The molecule has 2 aliphatic heterocycles. The summed E-state index contributed by atoms with van der Waals surface area (Å²) in [4.78, 5) is 34.5. The Morgan fingerprint density at radius 3 is 2.62 bits per heavy atom. The van der Waals surface area contributed by atoms with Crippen molar-refractivity contribution in [2.45, 2.75) is 32.2 Å². The molecule has 2 fully saturated rings. The van der Waals surface area contributed by atoms with Gasteiger partial charge in [-0.05, 0) is 30.0 Å². The molecule has 2 aliphatic rings. The van der Waals surface area contributed by atoms with Crippen LogP contribution in [0.4, 0.5) is 5.69 Å². The summed E-state index contributed by atoms with van der Waals surface area (Å²) in [6.07, 6.45) is 4.19. The number of carbonyl (C=O) groups is 2. The van der Waals surface area contributed by atoms with Gasteiger partial charge in [-0.1, -0.05) is 26.0 Å². The van der Waals surface area contributed by atoms with Gasteiger partial charge in [-0.3, -0.25) is 9.59 Å². The fourth-order valence-electron chi connectivity index (χ4n) is 4.30. The molecule has 0 aliphatic carbocycles. The van der Waals surface area contributed by atoms with Crippen molar-refractivity contribution in [3.05, 3.63) is 48.0 Å². The number of nitrogens with zero attached hydrogens (tertiary/aromatic N) is 4. The van der Waals surface area contributed by atoms with E-state index in [0.717, 1.165) is 18.1 Å². The van der Waals surface area contributed by atoms with E-state index in [1.165, 1.54) is 5.56 Å². The maximum Gasteiger partial charge on any atom is 0.239 e. The number of rotatable bonds is 4. The molecule has 2 unspecified atom stereocenters. The first-order valence-corrected chi connectivity index (χ1v) is 10.4. The van der Waals surface area contributed by atoms with Crippen molar-refractivity contribution in [3.8, 4) is 0 Å². The van der Waals surface area contributed by atoms with E-state index >= 15 is 0 Å². The maximum atomic E-state index is 13.4. The van der Waals surface area contributed by atoms with Crippen molar-refractivity contribution < 1.29 is 9.59 Å². The summed E-state index contributed by atoms with van der Waals surface area (Å²) in [5.41, 5.74) is 2.11. The average molecular weight is 396 g/mol. The second-order valence-electron chi connectivity index (χ2n) is 8.23. The molecule has 4 rings (SSSR count).